The van der Waals surface area contributed by atoms with Crippen LogP contribution in [0.2, 0.25) is 0 Å². The second-order valence-electron chi connectivity index (χ2n) is 6.77. The highest BCUT2D eigenvalue weighted by Crippen LogP contribution is 2.37. The topological polar surface area (TPSA) is 70.7 Å². The van der Waals surface area contributed by atoms with Crippen molar-refractivity contribution in [2.45, 2.75) is 13.1 Å². The van der Waals surface area contributed by atoms with Crippen molar-refractivity contribution < 1.29 is 14.3 Å². The fourth-order valence-electron chi connectivity index (χ4n) is 3.45. The van der Waals surface area contributed by atoms with Crippen LogP contribution in [0.15, 0.2) is 72.8 Å². The Morgan fingerprint density at radius 2 is 1.69 bits per heavy atom. The van der Waals surface area contributed by atoms with Crippen LogP contribution in [-0.4, -0.2) is 18.9 Å². The van der Waals surface area contributed by atoms with E-state index in [1.807, 2.05) is 60.7 Å². The molecule has 0 saturated carbocycles. The first kappa shape index (κ1) is 18.6. The van der Waals surface area contributed by atoms with Crippen LogP contribution in [0.4, 0.5) is 17.1 Å². The van der Waals surface area contributed by atoms with Crippen molar-refractivity contribution in [2.24, 2.45) is 0 Å². The number of nitrogens with zero attached hydrogens (tertiary/aromatic N) is 1. The van der Waals surface area contributed by atoms with Crippen LogP contribution < -0.4 is 20.3 Å². The molecular weight excluding hydrogens is 366 g/mol. The number of benzene rings is 3. The summed E-state index contributed by atoms with van der Waals surface area (Å²) >= 11 is 0. The number of methoxy groups -OCH3 is 1. The monoisotopic (exact) mass is 387 g/mol. The number of hydrogen-bond acceptors (Lipinski definition) is 4. The van der Waals surface area contributed by atoms with Crippen molar-refractivity contribution in [2.75, 3.05) is 22.6 Å². The van der Waals surface area contributed by atoms with Crippen LogP contribution in [0.5, 0.6) is 5.75 Å². The van der Waals surface area contributed by atoms with Crippen LogP contribution in [0.25, 0.3) is 0 Å². The predicted molar refractivity (Wildman–Crippen MR) is 113 cm³/mol. The molecule has 1 atom stereocenters. The lowest BCUT2D eigenvalue weighted by Gasteiger charge is -2.38. The molecule has 0 spiro atoms. The number of rotatable bonds is 4. The number of ether oxygens (including phenoxy) is 1. The number of fused-ring (bicyclic) bond motifs is 1. The van der Waals surface area contributed by atoms with Crippen LogP contribution in [0.3, 0.4) is 0 Å². The summed E-state index contributed by atoms with van der Waals surface area (Å²) in [5, 5.41) is 6.22. The van der Waals surface area contributed by atoms with Gasteiger partial charge in [0.2, 0.25) is 5.91 Å². The summed E-state index contributed by atoms with van der Waals surface area (Å²) in [7, 11) is 1.62. The Balaban J connectivity index is 1.76. The molecule has 0 aromatic heterocycles. The zero-order valence-corrected chi connectivity index (χ0v) is 16.2. The van der Waals surface area contributed by atoms with Crippen LogP contribution in [0, 0.1) is 0 Å². The van der Waals surface area contributed by atoms with E-state index in [2.05, 4.69) is 10.6 Å². The SMILES string of the molecule is COc1ccc([C@@H]2Nc3ccccc3C(=O)N2c2ccc(NC(C)=O)cc2)cc1. The van der Waals surface area contributed by atoms with Gasteiger partial charge in [-0.05, 0) is 54.1 Å². The van der Waals surface area contributed by atoms with Gasteiger partial charge in [-0.25, -0.2) is 0 Å². The molecule has 3 aromatic carbocycles. The lowest BCUT2D eigenvalue weighted by molar-refractivity contribution is -0.114. The normalized spacial score (nSPS) is 15.3. The van der Waals surface area contributed by atoms with E-state index in [1.165, 1.54) is 6.92 Å². The Morgan fingerprint density at radius 1 is 1.00 bits per heavy atom. The minimum Gasteiger partial charge on any atom is -0.497 e. The average molecular weight is 387 g/mol. The Morgan fingerprint density at radius 3 is 2.34 bits per heavy atom. The Kier molecular flexibility index (Phi) is 4.91. The molecule has 0 aliphatic carbocycles. The molecule has 6 heteroatoms. The minimum absolute atomic E-state index is 0.0903. The van der Waals surface area contributed by atoms with Crippen LogP contribution in [0.1, 0.15) is 29.0 Å². The predicted octanol–water partition coefficient (Wildman–Crippen LogP) is 4.42. The number of nitrogens with one attached hydrogen (secondary N) is 2. The summed E-state index contributed by atoms with van der Waals surface area (Å²) < 4.78 is 5.25. The highest BCUT2D eigenvalue weighted by molar-refractivity contribution is 6.12. The third kappa shape index (κ3) is 3.65. The third-order valence-electron chi connectivity index (χ3n) is 4.82. The van der Waals surface area contributed by atoms with Gasteiger partial charge in [-0.3, -0.25) is 14.5 Å². The smallest absolute Gasteiger partial charge is 0.262 e. The van der Waals surface area contributed by atoms with Crippen LogP contribution in [-0.2, 0) is 4.79 Å². The molecule has 0 radical (unpaired) electrons. The molecule has 6 nitrogen and oxygen atoms in total. The molecule has 29 heavy (non-hydrogen) atoms. The second-order valence-corrected chi connectivity index (χ2v) is 6.77. The zero-order valence-electron chi connectivity index (χ0n) is 16.2. The Bertz CT molecular complexity index is 1050. The van der Waals surface area contributed by atoms with Gasteiger partial charge in [0.05, 0.1) is 12.7 Å². The second kappa shape index (κ2) is 7.67. The van der Waals surface area contributed by atoms with Crippen LogP contribution >= 0.6 is 0 Å². The van der Waals surface area contributed by atoms with E-state index < -0.39 is 0 Å². The fraction of sp³-hybridized carbons (Fsp3) is 0.130. The van der Waals surface area contributed by atoms with E-state index in [-0.39, 0.29) is 18.0 Å². The molecule has 2 amide bonds. The van der Waals surface area contributed by atoms with Gasteiger partial charge in [-0.2, -0.15) is 0 Å². The van der Waals surface area contributed by atoms with Crippen molar-refractivity contribution in [3.63, 3.8) is 0 Å². The maximum absolute atomic E-state index is 13.4. The lowest BCUT2D eigenvalue weighted by atomic mass is 10.0. The molecular formula is C23H21N3O3. The first-order valence-electron chi connectivity index (χ1n) is 9.27. The molecule has 0 fully saturated rings. The Labute approximate surface area is 169 Å². The molecule has 2 N–H and O–H groups in total. The summed E-state index contributed by atoms with van der Waals surface area (Å²) in [5.41, 5.74) is 3.75. The first-order valence-corrected chi connectivity index (χ1v) is 9.27. The number of anilines is 3. The Hall–Kier alpha value is -3.80. The lowest BCUT2D eigenvalue weighted by Crippen LogP contribution is -2.43. The fourth-order valence-corrected chi connectivity index (χ4v) is 3.45. The highest BCUT2D eigenvalue weighted by Gasteiger charge is 2.33. The van der Waals surface area contributed by atoms with E-state index in [4.69, 9.17) is 4.74 Å². The molecule has 0 bridgehead atoms. The van der Waals surface area contributed by atoms with Crippen molar-refractivity contribution in [1.82, 2.24) is 0 Å². The third-order valence-corrected chi connectivity index (χ3v) is 4.82. The van der Waals surface area contributed by atoms with Gasteiger partial charge >= 0.3 is 0 Å². The first-order chi connectivity index (χ1) is 14.1. The minimum atomic E-state index is -0.380. The van der Waals surface area contributed by atoms with Crippen molar-refractivity contribution in [3.05, 3.63) is 83.9 Å². The van der Waals surface area contributed by atoms with Gasteiger partial charge in [-0.1, -0.05) is 24.3 Å². The van der Waals surface area contributed by atoms with Crippen molar-refractivity contribution in [3.8, 4) is 5.75 Å². The van der Waals surface area contributed by atoms with Gasteiger partial charge in [0, 0.05) is 24.0 Å². The van der Waals surface area contributed by atoms with E-state index in [9.17, 15) is 9.59 Å². The number of carbonyl (C=O) groups excluding carboxylic acids is 2. The summed E-state index contributed by atoms with van der Waals surface area (Å²) in [5.74, 6) is 0.522. The maximum atomic E-state index is 13.4. The number of carbonyl (C=O) groups is 2. The van der Waals surface area contributed by atoms with E-state index in [0.29, 0.717) is 11.3 Å². The molecule has 1 heterocycles. The van der Waals surface area contributed by atoms with E-state index in [0.717, 1.165) is 22.7 Å². The molecule has 3 aromatic rings. The number of amides is 2. The van der Waals surface area contributed by atoms with Gasteiger partial charge in [-0.15, -0.1) is 0 Å². The molecule has 0 saturated heterocycles. The highest BCUT2D eigenvalue weighted by atomic mass is 16.5. The zero-order chi connectivity index (χ0) is 20.4. The standard InChI is InChI=1S/C23H21N3O3/c1-15(27)24-17-9-11-18(12-10-17)26-22(16-7-13-19(29-2)14-8-16)25-21-6-4-3-5-20(21)23(26)28/h3-14,22,25H,1-2H3,(H,24,27)/t22-/m1/s1. The van der Waals surface area contributed by atoms with Crippen molar-refractivity contribution >= 4 is 28.9 Å². The summed E-state index contributed by atoms with van der Waals surface area (Å²) in [4.78, 5) is 26.4. The van der Waals surface area contributed by atoms with Crippen molar-refractivity contribution in [1.29, 1.82) is 0 Å². The summed E-state index contributed by atoms with van der Waals surface area (Å²) in [6.45, 7) is 1.46. The summed E-state index contributed by atoms with van der Waals surface area (Å²) in [6.07, 6.45) is -0.380. The maximum Gasteiger partial charge on any atom is 0.262 e. The molecule has 146 valence electrons. The largest absolute Gasteiger partial charge is 0.497 e. The number of para-hydroxylation sites is 1. The van der Waals surface area contributed by atoms with Gasteiger partial charge < -0.3 is 15.4 Å². The molecule has 1 aliphatic heterocycles. The van der Waals surface area contributed by atoms with Gasteiger partial charge in [0.1, 0.15) is 11.9 Å². The quantitative estimate of drug-likeness (QED) is 0.695. The average Bonchev–Trinajstić information content (AvgIpc) is 2.74. The van der Waals surface area contributed by atoms with E-state index >= 15 is 0 Å². The molecule has 1 aliphatic rings. The molecule has 0 unspecified atom stereocenters. The number of hydrogen-bond donors (Lipinski definition) is 2. The molecule has 4 rings (SSSR count). The summed E-state index contributed by atoms with van der Waals surface area (Å²) in [6, 6.07) is 22.3. The van der Waals surface area contributed by atoms with E-state index in [1.54, 1.807) is 24.1 Å². The van der Waals surface area contributed by atoms with Gasteiger partial charge in [0.15, 0.2) is 0 Å². The van der Waals surface area contributed by atoms with Gasteiger partial charge in [0.25, 0.3) is 5.91 Å².